The maximum atomic E-state index is 8.88. The third kappa shape index (κ3) is 240. The summed E-state index contributed by atoms with van der Waals surface area (Å²) in [6.45, 7) is 0. The highest BCUT2D eigenvalue weighted by atomic mass is 33.1. The normalized spacial score (nSPS) is 9.29. The summed E-state index contributed by atoms with van der Waals surface area (Å²) in [6.07, 6.45) is 0. The summed E-state index contributed by atoms with van der Waals surface area (Å²) in [6, 6.07) is 0. The molecule has 0 heterocycles. The van der Waals surface area contributed by atoms with Crippen LogP contribution in [0, 0.1) is 0 Å². The van der Waals surface area contributed by atoms with Crippen molar-refractivity contribution in [1.29, 1.82) is 0 Å². The van der Waals surface area contributed by atoms with Crippen LogP contribution in [0.4, 0.5) is 0 Å². The second-order valence-electron chi connectivity index (χ2n) is 0.513. The van der Waals surface area contributed by atoms with Crippen molar-refractivity contribution in [2.75, 3.05) is 0 Å². The molecule has 7 heavy (non-hydrogen) atoms. The van der Waals surface area contributed by atoms with E-state index in [4.69, 9.17) is 19.2 Å². The fraction of sp³-hybridized carbons (Fsp3) is 0. The Hall–Kier alpha value is 0.810. The monoisotopic (exact) mass is 164 g/mol. The van der Waals surface area contributed by atoms with Gasteiger partial charge in [-0.3, -0.25) is 0 Å². The second kappa shape index (κ2) is 4.96. The lowest BCUT2D eigenvalue weighted by Gasteiger charge is -1.82. The Kier molecular flexibility index (Phi) is 7.60. The number of rotatable bonds is 0. The van der Waals surface area contributed by atoms with Gasteiger partial charge < -0.3 is 14.7 Å². The molecule has 0 rings (SSSR count). The van der Waals surface area contributed by atoms with Crippen molar-refractivity contribution < 1.29 is 19.2 Å². The average molecular weight is 164 g/mol. The van der Waals surface area contributed by atoms with Gasteiger partial charge in [-0.2, -0.15) is 0 Å². The molecular weight excluding hydrogens is 159 g/mol. The van der Waals surface area contributed by atoms with Gasteiger partial charge in [-0.25, -0.2) is 4.57 Å². The van der Waals surface area contributed by atoms with E-state index < -0.39 is 7.82 Å². The molecule has 0 fully saturated rings. The summed E-state index contributed by atoms with van der Waals surface area (Å²) < 4.78 is 8.88. The molecule has 0 atom stereocenters. The first-order valence-corrected chi connectivity index (χ1v) is 4.15. The first-order valence-electron chi connectivity index (χ1n) is 0.983. The van der Waals surface area contributed by atoms with E-state index in [1.54, 1.807) is 0 Å². The minimum atomic E-state index is -4.64. The van der Waals surface area contributed by atoms with Crippen LogP contribution in [0.15, 0.2) is 0 Å². The van der Waals surface area contributed by atoms with E-state index in [9.17, 15) is 0 Å². The standard InChI is InChI=1S/H3O4P.H2S2/c1-5(2,3)4;1-2/h(H3,1,2,3,4);1-2H. The van der Waals surface area contributed by atoms with Crippen LogP contribution in [0.3, 0.4) is 0 Å². The molecule has 0 bridgehead atoms. The molecule has 3 N–H and O–H groups in total. The van der Waals surface area contributed by atoms with Gasteiger partial charge in [0.1, 0.15) is 0 Å². The Morgan fingerprint density at radius 1 is 1.14 bits per heavy atom. The van der Waals surface area contributed by atoms with E-state index >= 15 is 0 Å². The van der Waals surface area contributed by atoms with E-state index in [0.717, 1.165) is 0 Å². The molecule has 0 aromatic rings. The highest BCUT2D eigenvalue weighted by Crippen LogP contribution is 2.25. The number of hydrogen-bond acceptors (Lipinski definition) is 3. The van der Waals surface area contributed by atoms with Gasteiger partial charge >= 0.3 is 7.82 Å². The summed E-state index contributed by atoms with van der Waals surface area (Å²) >= 11 is 6.44. The fourth-order valence-electron chi connectivity index (χ4n) is 0. The lowest BCUT2D eigenvalue weighted by Crippen LogP contribution is -1.66. The molecule has 4 nitrogen and oxygen atoms in total. The van der Waals surface area contributed by atoms with E-state index in [0.29, 0.717) is 0 Å². The summed E-state index contributed by atoms with van der Waals surface area (Å²) in [4.78, 5) is 21.6. The Morgan fingerprint density at radius 2 is 1.14 bits per heavy atom. The van der Waals surface area contributed by atoms with Crippen LogP contribution in [0.25, 0.3) is 0 Å². The predicted molar refractivity (Wildman–Crippen MR) is 32.2 cm³/mol. The maximum Gasteiger partial charge on any atom is 0.466 e. The lowest BCUT2D eigenvalue weighted by molar-refractivity contribution is 0.275. The van der Waals surface area contributed by atoms with Crippen LogP contribution in [-0.4, -0.2) is 14.7 Å². The summed E-state index contributed by atoms with van der Waals surface area (Å²) in [7, 11) is -4.64. The summed E-state index contributed by atoms with van der Waals surface area (Å²) in [5.74, 6) is 0. The van der Waals surface area contributed by atoms with Crippen molar-refractivity contribution in [3.05, 3.63) is 0 Å². The lowest BCUT2D eigenvalue weighted by atomic mass is 15.8. The first kappa shape index (κ1) is 10.7. The third-order valence-corrected chi connectivity index (χ3v) is 0. The van der Waals surface area contributed by atoms with Crippen molar-refractivity contribution in [1.82, 2.24) is 0 Å². The molecule has 0 saturated heterocycles. The molecular formula is H5O4PS2. The summed E-state index contributed by atoms with van der Waals surface area (Å²) in [5, 5.41) is 0. The van der Waals surface area contributed by atoms with E-state index in [1.807, 2.05) is 0 Å². The minimum Gasteiger partial charge on any atom is -0.303 e. The van der Waals surface area contributed by atoms with E-state index in [2.05, 4.69) is 23.3 Å². The average Bonchev–Trinajstić information content (AvgIpc) is 1.36. The third-order valence-electron chi connectivity index (χ3n) is 0. The Balaban J connectivity index is 0. The first-order chi connectivity index (χ1) is 3.00. The van der Waals surface area contributed by atoms with Gasteiger partial charge in [-0.15, -0.1) is 23.3 Å². The largest absolute Gasteiger partial charge is 0.466 e. The maximum absolute atomic E-state index is 8.88. The number of thiol groups is 2. The molecule has 0 aliphatic carbocycles. The van der Waals surface area contributed by atoms with Crippen molar-refractivity contribution in [3.63, 3.8) is 0 Å². The van der Waals surface area contributed by atoms with E-state index in [-0.39, 0.29) is 0 Å². The van der Waals surface area contributed by atoms with Gasteiger partial charge in [0.05, 0.1) is 0 Å². The van der Waals surface area contributed by atoms with Gasteiger partial charge in [0, 0.05) is 0 Å². The molecule has 0 aromatic carbocycles. The molecule has 0 spiro atoms. The highest BCUT2D eigenvalue weighted by Gasteiger charge is 2.00. The van der Waals surface area contributed by atoms with Gasteiger partial charge in [0.2, 0.25) is 0 Å². The van der Waals surface area contributed by atoms with Gasteiger partial charge in [-0.1, -0.05) is 0 Å². The molecule has 0 aromatic heterocycles. The van der Waals surface area contributed by atoms with Gasteiger partial charge in [0.25, 0.3) is 0 Å². The zero-order chi connectivity index (χ0) is 6.50. The molecule has 46 valence electrons. The zero-order valence-corrected chi connectivity index (χ0v) is 5.77. The van der Waals surface area contributed by atoms with Crippen LogP contribution in [-0.2, 0) is 4.57 Å². The molecule has 0 aliphatic rings. The minimum absolute atomic E-state index is 3.22. The SMILES string of the molecule is O=P(O)(O)O.SS. The van der Waals surface area contributed by atoms with Crippen molar-refractivity contribution >= 4 is 31.1 Å². The fourth-order valence-corrected chi connectivity index (χ4v) is 0. The number of hydrogen-bond donors (Lipinski definition) is 5. The van der Waals surface area contributed by atoms with Crippen LogP contribution in [0.5, 0.6) is 0 Å². The topological polar surface area (TPSA) is 77.8 Å². The van der Waals surface area contributed by atoms with Crippen LogP contribution >= 0.6 is 31.1 Å². The molecule has 7 heteroatoms. The predicted octanol–water partition coefficient (Wildman–Crippen LogP) is -0.168. The van der Waals surface area contributed by atoms with Crippen molar-refractivity contribution in [2.24, 2.45) is 0 Å². The summed E-state index contributed by atoms with van der Waals surface area (Å²) in [5.41, 5.74) is 0. The molecule has 0 amide bonds. The smallest absolute Gasteiger partial charge is 0.303 e. The molecule has 0 unspecified atom stereocenters. The Bertz CT molecular complexity index is 55.8. The quantitative estimate of drug-likeness (QED) is 0.196. The van der Waals surface area contributed by atoms with Crippen LogP contribution in [0.2, 0.25) is 0 Å². The Morgan fingerprint density at radius 3 is 1.14 bits per heavy atom. The van der Waals surface area contributed by atoms with Crippen LogP contribution in [0.1, 0.15) is 0 Å². The van der Waals surface area contributed by atoms with Crippen molar-refractivity contribution in [2.45, 2.75) is 0 Å². The Labute approximate surface area is 51.0 Å². The highest BCUT2D eigenvalue weighted by molar-refractivity contribution is 8.59. The van der Waals surface area contributed by atoms with E-state index in [1.165, 1.54) is 0 Å². The molecule has 0 saturated carbocycles. The molecule has 0 aliphatic heterocycles. The zero-order valence-electron chi connectivity index (χ0n) is 3.09. The molecule has 0 radical (unpaired) electrons. The second-order valence-corrected chi connectivity index (χ2v) is 1.54. The van der Waals surface area contributed by atoms with Crippen molar-refractivity contribution in [3.8, 4) is 0 Å². The number of phosphoric acid groups is 1. The van der Waals surface area contributed by atoms with Gasteiger partial charge in [-0.05, 0) is 0 Å². The van der Waals surface area contributed by atoms with Gasteiger partial charge in [0.15, 0.2) is 0 Å². The van der Waals surface area contributed by atoms with Crippen LogP contribution < -0.4 is 0 Å².